The van der Waals surface area contributed by atoms with Crippen molar-refractivity contribution in [3.8, 4) is 28.0 Å². The number of esters is 1. The maximum absolute atomic E-state index is 11.8. The van der Waals surface area contributed by atoms with Crippen LogP contribution in [0.25, 0.3) is 33.0 Å². The first-order valence-corrected chi connectivity index (χ1v) is 13.8. The van der Waals surface area contributed by atoms with E-state index in [0.29, 0.717) is 17.7 Å². The fourth-order valence-electron chi connectivity index (χ4n) is 4.69. The number of unbranched alkanes of at least 4 members (excludes halogenated alkanes) is 2. The largest absolute Gasteiger partial charge is 0.491 e. The standard InChI is InChI=1S/C35H38O4/c1-4-5-6-7-26-8-9-32-23-30(15-14-29(32)22-26)27-10-12-28(13-11-27)31-16-17-34(38-21-19-36)33(24-31)18-20-39-35(37)25(2)3/h8-17,22-24,36H,2,4-7,18-21H2,1,3H3. The van der Waals surface area contributed by atoms with Gasteiger partial charge in [0.05, 0.1) is 13.2 Å². The number of hydrogen-bond acceptors (Lipinski definition) is 4. The topological polar surface area (TPSA) is 55.8 Å². The summed E-state index contributed by atoms with van der Waals surface area (Å²) in [6.45, 7) is 7.86. The van der Waals surface area contributed by atoms with Crippen LogP contribution in [-0.4, -0.2) is 30.9 Å². The van der Waals surface area contributed by atoms with Gasteiger partial charge < -0.3 is 14.6 Å². The molecule has 4 aromatic carbocycles. The molecule has 0 atom stereocenters. The van der Waals surface area contributed by atoms with Gasteiger partial charge in [-0.2, -0.15) is 0 Å². The van der Waals surface area contributed by atoms with Crippen LogP contribution in [0.5, 0.6) is 5.75 Å². The Morgan fingerprint density at radius 1 is 0.769 bits per heavy atom. The van der Waals surface area contributed by atoms with Crippen molar-refractivity contribution >= 4 is 16.7 Å². The second-order valence-electron chi connectivity index (χ2n) is 9.99. The maximum atomic E-state index is 11.8. The van der Waals surface area contributed by atoms with Crippen molar-refractivity contribution < 1.29 is 19.4 Å². The van der Waals surface area contributed by atoms with Crippen LogP contribution < -0.4 is 4.74 Å². The van der Waals surface area contributed by atoms with E-state index < -0.39 is 5.97 Å². The lowest BCUT2D eigenvalue weighted by molar-refractivity contribution is -0.138. The third kappa shape index (κ3) is 7.58. The highest BCUT2D eigenvalue weighted by Gasteiger charge is 2.10. The fourth-order valence-corrected chi connectivity index (χ4v) is 4.69. The first-order chi connectivity index (χ1) is 19.0. The average Bonchev–Trinajstić information content (AvgIpc) is 2.96. The lowest BCUT2D eigenvalue weighted by Crippen LogP contribution is -2.10. The summed E-state index contributed by atoms with van der Waals surface area (Å²) in [7, 11) is 0. The molecule has 0 fully saturated rings. The zero-order chi connectivity index (χ0) is 27.6. The number of aliphatic hydroxyl groups is 1. The molecule has 4 nitrogen and oxygen atoms in total. The van der Waals surface area contributed by atoms with Crippen LogP contribution in [-0.2, 0) is 22.4 Å². The summed E-state index contributed by atoms with van der Waals surface area (Å²) in [6.07, 6.45) is 5.41. The summed E-state index contributed by atoms with van der Waals surface area (Å²) >= 11 is 0. The molecule has 0 radical (unpaired) electrons. The third-order valence-electron chi connectivity index (χ3n) is 6.89. The van der Waals surface area contributed by atoms with Gasteiger partial charge in [-0.25, -0.2) is 4.79 Å². The Morgan fingerprint density at radius 2 is 1.41 bits per heavy atom. The monoisotopic (exact) mass is 522 g/mol. The molecule has 39 heavy (non-hydrogen) atoms. The van der Waals surface area contributed by atoms with Crippen LogP contribution in [0.2, 0.25) is 0 Å². The van der Waals surface area contributed by atoms with Crippen LogP contribution in [0.3, 0.4) is 0 Å². The van der Waals surface area contributed by atoms with Gasteiger partial charge in [-0.3, -0.25) is 0 Å². The van der Waals surface area contributed by atoms with Crippen molar-refractivity contribution in [3.63, 3.8) is 0 Å². The Balaban J connectivity index is 1.51. The lowest BCUT2D eigenvalue weighted by atomic mass is 9.96. The summed E-state index contributed by atoms with van der Waals surface area (Å²) in [5.41, 5.74) is 7.21. The van der Waals surface area contributed by atoms with E-state index in [-0.39, 0.29) is 19.8 Å². The highest BCUT2D eigenvalue weighted by atomic mass is 16.5. The predicted molar refractivity (Wildman–Crippen MR) is 160 cm³/mol. The minimum Gasteiger partial charge on any atom is -0.491 e. The molecule has 0 amide bonds. The fraction of sp³-hybridized carbons (Fsp3) is 0.286. The summed E-state index contributed by atoms with van der Waals surface area (Å²) in [6, 6.07) is 28.1. The molecule has 0 heterocycles. The first-order valence-electron chi connectivity index (χ1n) is 13.8. The highest BCUT2D eigenvalue weighted by molar-refractivity contribution is 5.88. The van der Waals surface area contributed by atoms with Crippen molar-refractivity contribution in [2.24, 2.45) is 0 Å². The van der Waals surface area contributed by atoms with Crippen molar-refractivity contribution in [2.75, 3.05) is 19.8 Å². The van der Waals surface area contributed by atoms with E-state index in [1.807, 2.05) is 12.1 Å². The van der Waals surface area contributed by atoms with E-state index in [2.05, 4.69) is 80.2 Å². The van der Waals surface area contributed by atoms with Crippen LogP contribution in [0, 0.1) is 0 Å². The van der Waals surface area contributed by atoms with E-state index in [4.69, 9.17) is 9.47 Å². The van der Waals surface area contributed by atoms with Gasteiger partial charge in [-0.05, 0) is 82.1 Å². The summed E-state index contributed by atoms with van der Waals surface area (Å²) in [5.74, 6) is 0.279. The predicted octanol–water partition coefficient (Wildman–Crippen LogP) is 7.94. The van der Waals surface area contributed by atoms with Gasteiger partial charge in [-0.1, -0.05) is 87.0 Å². The van der Waals surface area contributed by atoms with Gasteiger partial charge in [0.2, 0.25) is 0 Å². The number of hydrogen-bond donors (Lipinski definition) is 1. The molecule has 0 aliphatic carbocycles. The Bertz CT molecular complexity index is 1420. The number of aryl methyl sites for hydroxylation is 1. The minimum atomic E-state index is -0.402. The number of aliphatic hydroxyl groups excluding tert-OH is 1. The van der Waals surface area contributed by atoms with Gasteiger partial charge in [0.1, 0.15) is 12.4 Å². The van der Waals surface area contributed by atoms with Crippen molar-refractivity contribution in [1.82, 2.24) is 0 Å². The quantitative estimate of drug-likeness (QED) is 0.110. The van der Waals surface area contributed by atoms with Crippen LogP contribution in [0.4, 0.5) is 0 Å². The van der Waals surface area contributed by atoms with Gasteiger partial charge in [-0.15, -0.1) is 0 Å². The SMILES string of the molecule is C=C(C)C(=O)OCCc1cc(-c2ccc(-c3ccc4cc(CCCCC)ccc4c3)cc2)ccc1OCCO. The number of carbonyl (C=O) groups excluding carboxylic acids is 1. The molecule has 4 aromatic rings. The third-order valence-corrected chi connectivity index (χ3v) is 6.89. The molecule has 0 aliphatic heterocycles. The summed E-state index contributed by atoms with van der Waals surface area (Å²) < 4.78 is 11.0. The molecule has 0 aliphatic rings. The van der Waals surface area contributed by atoms with Crippen molar-refractivity contribution in [1.29, 1.82) is 0 Å². The molecular weight excluding hydrogens is 484 g/mol. The Morgan fingerprint density at radius 3 is 2.10 bits per heavy atom. The van der Waals surface area contributed by atoms with Crippen molar-refractivity contribution in [3.05, 3.63) is 102 Å². The van der Waals surface area contributed by atoms with Crippen LogP contribution >= 0.6 is 0 Å². The molecule has 202 valence electrons. The Hall–Kier alpha value is -3.89. The highest BCUT2D eigenvalue weighted by Crippen LogP contribution is 2.31. The number of carbonyl (C=O) groups is 1. The van der Waals surface area contributed by atoms with Crippen LogP contribution in [0.1, 0.15) is 44.2 Å². The van der Waals surface area contributed by atoms with Gasteiger partial charge in [0, 0.05) is 12.0 Å². The summed E-state index contributed by atoms with van der Waals surface area (Å²) in [4.78, 5) is 11.8. The molecule has 4 rings (SSSR count). The summed E-state index contributed by atoms with van der Waals surface area (Å²) in [5, 5.41) is 11.7. The molecule has 1 N–H and O–H groups in total. The Kier molecular flexibility index (Phi) is 9.93. The second kappa shape index (κ2) is 13.8. The van der Waals surface area contributed by atoms with Gasteiger partial charge in [0.15, 0.2) is 0 Å². The average molecular weight is 523 g/mol. The molecule has 0 saturated carbocycles. The van der Waals surface area contributed by atoms with E-state index in [0.717, 1.165) is 23.1 Å². The molecule has 0 bridgehead atoms. The van der Waals surface area contributed by atoms with E-state index in [9.17, 15) is 9.90 Å². The van der Waals surface area contributed by atoms with Gasteiger partial charge in [0.25, 0.3) is 0 Å². The normalized spacial score (nSPS) is 10.9. The lowest BCUT2D eigenvalue weighted by Gasteiger charge is -2.14. The zero-order valence-electron chi connectivity index (χ0n) is 23.0. The number of fused-ring (bicyclic) bond motifs is 1. The maximum Gasteiger partial charge on any atom is 0.333 e. The number of rotatable bonds is 13. The second-order valence-corrected chi connectivity index (χ2v) is 9.99. The molecular formula is C35H38O4. The number of benzene rings is 4. The molecule has 4 heteroatoms. The molecule has 0 unspecified atom stereocenters. The molecule has 0 saturated heterocycles. The van der Waals surface area contributed by atoms with E-state index in [1.54, 1.807) is 6.92 Å². The molecule has 0 spiro atoms. The van der Waals surface area contributed by atoms with Crippen molar-refractivity contribution in [2.45, 2.75) is 46.0 Å². The zero-order valence-corrected chi connectivity index (χ0v) is 23.0. The first kappa shape index (κ1) is 28.1. The molecule has 0 aromatic heterocycles. The minimum absolute atomic E-state index is 0.0673. The smallest absolute Gasteiger partial charge is 0.333 e. The number of ether oxygens (including phenoxy) is 2. The van der Waals surface area contributed by atoms with E-state index in [1.165, 1.54) is 46.7 Å². The van der Waals surface area contributed by atoms with E-state index >= 15 is 0 Å². The Labute approximate surface area is 231 Å². The van der Waals surface area contributed by atoms with Gasteiger partial charge >= 0.3 is 5.97 Å². The van der Waals surface area contributed by atoms with Crippen LogP contribution in [0.15, 0.2) is 91.0 Å².